The second kappa shape index (κ2) is 15.7. The lowest BCUT2D eigenvalue weighted by Crippen LogP contribution is -2.60. The molecule has 0 aliphatic carbocycles. The van der Waals surface area contributed by atoms with Crippen molar-refractivity contribution in [3.05, 3.63) is 83.7 Å². The summed E-state index contributed by atoms with van der Waals surface area (Å²) in [4.78, 5) is 58.8. The minimum Gasteiger partial charge on any atom is -0.496 e. The predicted molar refractivity (Wildman–Crippen MR) is 229 cm³/mol. The molecule has 10 rings (SSSR count). The summed E-state index contributed by atoms with van der Waals surface area (Å²) in [5.41, 5.74) is 3.62. The highest BCUT2D eigenvalue weighted by Crippen LogP contribution is 2.45. The zero-order valence-electron chi connectivity index (χ0n) is 34.9. The zero-order valence-corrected chi connectivity index (χ0v) is 35.7. The van der Waals surface area contributed by atoms with Gasteiger partial charge in [0.25, 0.3) is 21.8 Å². The molecule has 0 bridgehead atoms. The number of ether oxygens (including phenoxy) is 2. The van der Waals surface area contributed by atoms with E-state index in [1.165, 1.54) is 14.2 Å². The topological polar surface area (TPSA) is 202 Å². The molecule has 3 aromatic carbocycles. The molecule has 5 aliphatic heterocycles. The van der Waals surface area contributed by atoms with Crippen LogP contribution in [0.3, 0.4) is 0 Å². The summed E-state index contributed by atoms with van der Waals surface area (Å²) in [7, 11) is -1.23. The Hall–Kier alpha value is -6.47. The number of aromatic nitrogens is 3. The van der Waals surface area contributed by atoms with Crippen molar-refractivity contribution in [2.75, 3.05) is 74.6 Å². The van der Waals surface area contributed by atoms with Crippen molar-refractivity contribution in [3.8, 4) is 11.5 Å². The highest BCUT2D eigenvalue weighted by atomic mass is 32.2. The summed E-state index contributed by atoms with van der Waals surface area (Å²) in [5.74, 6) is -0.947. The Morgan fingerprint density at radius 1 is 0.889 bits per heavy atom. The van der Waals surface area contributed by atoms with E-state index < -0.39 is 39.7 Å². The number of hydrogen-bond acceptors (Lipinski definition) is 14. The number of sulfonamides is 1. The van der Waals surface area contributed by atoms with Crippen molar-refractivity contribution < 1.29 is 41.6 Å². The maximum absolute atomic E-state index is 14.0. The fourth-order valence-corrected chi connectivity index (χ4v) is 11.2. The number of anilines is 3. The number of methoxy groups -OCH3 is 2. The van der Waals surface area contributed by atoms with Crippen LogP contribution in [0, 0.1) is 11.3 Å². The first kappa shape index (κ1) is 40.6. The number of benzene rings is 3. The molecule has 2 atom stereocenters. The van der Waals surface area contributed by atoms with E-state index in [0.717, 1.165) is 86.9 Å². The van der Waals surface area contributed by atoms with Crippen LogP contribution in [0.1, 0.15) is 58.4 Å². The monoisotopic (exact) mass is 877 g/mol. The van der Waals surface area contributed by atoms with E-state index in [0.29, 0.717) is 34.7 Å². The summed E-state index contributed by atoms with van der Waals surface area (Å²) in [6.07, 6.45) is 6.82. The molecular weight excluding hydrogens is 831 g/mol. The third-order valence-corrected chi connectivity index (χ3v) is 14.7. The molecule has 2 unspecified atom stereocenters. The molecule has 5 aromatic rings. The molecule has 2 aromatic heterocycles. The molecule has 0 radical (unpaired) electrons. The number of rotatable bonds is 12. The Bertz CT molecular complexity index is 2760. The number of imide groups is 2. The van der Waals surface area contributed by atoms with Crippen LogP contribution in [0.2, 0.25) is 0 Å². The third-order valence-electron chi connectivity index (χ3n) is 13.3. The van der Waals surface area contributed by atoms with Crippen molar-refractivity contribution in [3.63, 3.8) is 0 Å². The van der Waals surface area contributed by atoms with Crippen LogP contribution in [0.15, 0.2) is 76.4 Å². The van der Waals surface area contributed by atoms with Gasteiger partial charge in [0.1, 0.15) is 27.8 Å². The Balaban J connectivity index is 0.743. The summed E-state index contributed by atoms with van der Waals surface area (Å²) in [6, 6.07) is 15.0. The molecule has 4 saturated heterocycles. The smallest absolute Gasteiger partial charge is 0.266 e. The second-order valence-corrected chi connectivity index (χ2v) is 18.9. The average Bonchev–Trinajstić information content (AvgIpc) is 4.09. The first-order valence-electron chi connectivity index (χ1n) is 21.1. The van der Waals surface area contributed by atoms with E-state index in [2.05, 4.69) is 35.0 Å². The molecule has 328 valence electrons. The summed E-state index contributed by atoms with van der Waals surface area (Å²) < 4.78 is 49.2. The molecule has 19 heteroatoms. The first-order chi connectivity index (χ1) is 30.4. The molecule has 18 nitrogen and oxygen atoms in total. The van der Waals surface area contributed by atoms with Crippen molar-refractivity contribution in [1.29, 1.82) is 0 Å². The number of amides is 4. The largest absolute Gasteiger partial charge is 0.496 e. The van der Waals surface area contributed by atoms with E-state index in [9.17, 15) is 27.6 Å². The molecule has 4 amide bonds. The van der Waals surface area contributed by atoms with E-state index in [-0.39, 0.29) is 40.3 Å². The molecule has 0 saturated carbocycles. The van der Waals surface area contributed by atoms with Gasteiger partial charge in [-0.1, -0.05) is 5.16 Å². The maximum atomic E-state index is 14.0. The zero-order chi connectivity index (χ0) is 43.6. The standard InChI is InChI=1S/C44H47N9O9S/c1-60-34-8-5-30(21-37(34)63(58,59)48-40-39-35(61-2)18-28(19-36(39)62-47-40)24-52-14-3-13-45-52)51-25-44(26-51)11-16-49(17-12-44)22-27-10-15-50(23-27)29-4-6-31-32(20-29)43(57)53(42(31)56)33-7-9-38(54)46-41(33)55/h3-6,8,13-14,18-21,27,33H,7,9-12,15-17,22-26H2,1-2H3,(H,47,48)(H,46,54,55). The van der Waals surface area contributed by atoms with Crippen LogP contribution in [-0.4, -0.2) is 123 Å². The molecule has 7 heterocycles. The van der Waals surface area contributed by atoms with Gasteiger partial charge in [0, 0.05) is 68.3 Å². The van der Waals surface area contributed by atoms with Crippen LogP contribution in [0.4, 0.5) is 17.2 Å². The molecule has 4 fully saturated rings. The predicted octanol–water partition coefficient (Wildman–Crippen LogP) is 3.72. The normalized spacial score (nSPS) is 21.3. The quantitative estimate of drug-likeness (QED) is 0.172. The minimum atomic E-state index is -4.18. The molecular formula is C44H47N9O9S. The van der Waals surface area contributed by atoms with Crippen LogP contribution < -0.4 is 29.3 Å². The summed E-state index contributed by atoms with van der Waals surface area (Å²) in [6.45, 7) is 6.69. The van der Waals surface area contributed by atoms with Gasteiger partial charge >= 0.3 is 0 Å². The van der Waals surface area contributed by atoms with Gasteiger partial charge in [-0.05, 0) is 105 Å². The number of carbonyl (C=O) groups is 4. The van der Waals surface area contributed by atoms with E-state index in [1.807, 2.05) is 30.5 Å². The lowest BCUT2D eigenvalue weighted by molar-refractivity contribution is -0.136. The van der Waals surface area contributed by atoms with Crippen molar-refractivity contribution in [1.82, 2.24) is 30.1 Å². The lowest BCUT2D eigenvalue weighted by Gasteiger charge is -2.55. The van der Waals surface area contributed by atoms with Gasteiger partial charge < -0.3 is 28.7 Å². The number of fused-ring (bicyclic) bond motifs is 2. The van der Waals surface area contributed by atoms with Crippen LogP contribution in [-0.2, 0) is 26.2 Å². The summed E-state index contributed by atoms with van der Waals surface area (Å²) in [5, 5.41) is 11.0. The van der Waals surface area contributed by atoms with Gasteiger partial charge in [0.05, 0.1) is 31.9 Å². The lowest BCUT2D eigenvalue weighted by atomic mass is 9.71. The number of hydrogen-bond donors (Lipinski definition) is 2. The van der Waals surface area contributed by atoms with E-state index in [1.54, 1.807) is 41.2 Å². The third kappa shape index (κ3) is 7.41. The number of carbonyl (C=O) groups excluding carboxylic acids is 4. The van der Waals surface area contributed by atoms with E-state index >= 15 is 0 Å². The number of piperidine rings is 2. The second-order valence-electron chi connectivity index (χ2n) is 17.3. The number of nitrogens with one attached hydrogen (secondary N) is 2. The first-order valence-corrected chi connectivity index (χ1v) is 22.6. The fourth-order valence-electron chi connectivity index (χ4n) is 9.96. The Labute approximate surface area is 363 Å². The Morgan fingerprint density at radius 3 is 2.40 bits per heavy atom. The molecule has 1 spiro atoms. The van der Waals surface area contributed by atoms with Crippen molar-refractivity contribution >= 4 is 61.8 Å². The Kier molecular flexibility index (Phi) is 10.1. The van der Waals surface area contributed by atoms with Gasteiger partial charge in [-0.3, -0.25) is 38.8 Å². The van der Waals surface area contributed by atoms with Gasteiger partial charge in [0.15, 0.2) is 11.4 Å². The summed E-state index contributed by atoms with van der Waals surface area (Å²) >= 11 is 0. The molecule has 5 aliphatic rings. The van der Waals surface area contributed by atoms with Crippen molar-refractivity contribution in [2.24, 2.45) is 11.3 Å². The van der Waals surface area contributed by atoms with Gasteiger partial charge in [-0.25, -0.2) is 8.42 Å². The van der Waals surface area contributed by atoms with Crippen molar-refractivity contribution in [2.45, 2.75) is 49.6 Å². The molecule has 2 N–H and O–H groups in total. The highest BCUT2D eigenvalue weighted by Gasteiger charge is 2.47. The maximum Gasteiger partial charge on any atom is 0.266 e. The SMILES string of the molecule is COc1ccc(N2CC3(CCN(CC4CCN(c5ccc6c(c5)C(=O)N(C5CCC(=O)NC5=O)C6=O)C4)CC3)C2)cc1S(=O)(=O)Nc1noc2cc(Cn3cccn3)cc(OC)c12. The molecule has 63 heavy (non-hydrogen) atoms. The number of likely N-dealkylation sites (tertiary alicyclic amines) is 1. The van der Waals surface area contributed by atoms with Gasteiger partial charge in [0.2, 0.25) is 11.8 Å². The van der Waals surface area contributed by atoms with Crippen LogP contribution >= 0.6 is 0 Å². The highest BCUT2D eigenvalue weighted by molar-refractivity contribution is 7.92. The van der Waals surface area contributed by atoms with Crippen LogP contribution in [0.25, 0.3) is 11.0 Å². The van der Waals surface area contributed by atoms with E-state index in [4.69, 9.17) is 14.0 Å². The number of nitrogens with zero attached hydrogens (tertiary/aromatic N) is 7. The van der Waals surface area contributed by atoms with Crippen LogP contribution in [0.5, 0.6) is 11.5 Å². The minimum absolute atomic E-state index is 0.0107. The van der Waals surface area contributed by atoms with Gasteiger partial charge in [-0.2, -0.15) is 5.10 Å². The Morgan fingerprint density at radius 2 is 1.65 bits per heavy atom. The fraction of sp³-hybridized carbons (Fsp3) is 0.409. The van der Waals surface area contributed by atoms with Gasteiger partial charge in [-0.15, -0.1) is 0 Å². The average molecular weight is 878 g/mol.